The molecule has 1 aromatic rings. The van der Waals surface area contributed by atoms with Gasteiger partial charge in [-0.1, -0.05) is 11.6 Å². The summed E-state index contributed by atoms with van der Waals surface area (Å²) >= 11 is 5.83. The lowest BCUT2D eigenvalue weighted by Gasteiger charge is -2.38. The summed E-state index contributed by atoms with van der Waals surface area (Å²) in [6, 6.07) is 5.72. The van der Waals surface area contributed by atoms with Crippen LogP contribution in [0, 0.1) is 0 Å². The molecule has 0 radical (unpaired) electrons. The first-order valence-corrected chi connectivity index (χ1v) is 7.43. The van der Waals surface area contributed by atoms with Gasteiger partial charge in [-0.25, -0.2) is 4.90 Å². The average Bonchev–Trinajstić information content (AvgIpc) is 2.64. The Morgan fingerprint density at radius 3 is 2.23 bits per heavy atom. The van der Waals surface area contributed by atoms with E-state index in [2.05, 4.69) is 0 Å². The summed E-state index contributed by atoms with van der Waals surface area (Å²) < 4.78 is 0. The fourth-order valence-corrected chi connectivity index (χ4v) is 2.96. The Labute approximate surface area is 134 Å². The Morgan fingerprint density at radius 2 is 1.77 bits per heavy atom. The van der Waals surface area contributed by atoms with E-state index in [1.165, 1.54) is 11.8 Å². The fourth-order valence-electron chi connectivity index (χ4n) is 2.84. The standard InChI is InChI=1S/C16H19ClN2O3/c1-10(20)19(16(2,3)4)13-9-14(21)18(15(13)22)12-7-5-11(17)6-8-12/h5-8,13H,9H2,1-4H3. The quantitative estimate of drug-likeness (QED) is 0.786. The van der Waals surface area contributed by atoms with Crippen LogP contribution in [0.1, 0.15) is 34.1 Å². The van der Waals surface area contributed by atoms with Crippen LogP contribution in [0.25, 0.3) is 0 Å². The molecule has 22 heavy (non-hydrogen) atoms. The zero-order valence-electron chi connectivity index (χ0n) is 13.1. The molecule has 1 aromatic carbocycles. The van der Waals surface area contributed by atoms with Crippen molar-refractivity contribution >= 4 is 35.0 Å². The van der Waals surface area contributed by atoms with E-state index in [0.717, 1.165) is 4.90 Å². The third-order valence-corrected chi connectivity index (χ3v) is 3.83. The third kappa shape index (κ3) is 2.99. The van der Waals surface area contributed by atoms with Crippen molar-refractivity contribution in [2.75, 3.05) is 4.90 Å². The number of amides is 3. The number of rotatable bonds is 2. The monoisotopic (exact) mass is 322 g/mol. The molecule has 0 aromatic heterocycles. The minimum atomic E-state index is -0.763. The molecule has 118 valence electrons. The van der Waals surface area contributed by atoms with Crippen LogP contribution in [0.15, 0.2) is 24.3 Å². The summed E-state index contributed by atoms with van der Waals surface area (Å²) in [6.07, 6.45) is -0.00168. The van der Waals surface area contributed by atoms with Crippen LogP contribution >= 0.6 is 11.6 Å². The first kappa shape index (κ1) is 16.5. The third-order valence-electron chi connectivity index (χ3n) is 3.58. The minimum absolute atomic E-state index is 0.00168. The van der Waals surface area contributed by atoms with Gasteiger partial charge in [-0.05, 0) is 45.0 Å². The van der Waals surface area contributed by atoms with Gasteiger partial charge in [0.2, 0.25) is 11.8 Å². The highest BCUT2D eigenvalue weighted by molar-refractivity contribution is 6.30. The Bertz CT molecular complexity index is 619. The van der Waals surface area contributed by atoms with Crippen LogP contribution in [-0.4, -0.2) is 34.2 Å². The van der Waals surface area contributed by atoms with Gasteiger partial charge in [0.05, 0.1) is 12.1 Å². The van der Waals surface area contributed by atoms with Crippen molar-refractivity contribution < 1.29 is 14.4 Å². The van der Waals surface area contributed by atoms with Crippen molar-refractivity contribution in [3.05, 3.63) is 29.3 Å². The number of anilines is 1. The van der Waals surface area contributed by atoms with Gasteiger partial charge in [0.25, 0.3) is 5.91 Å². The molecule has 1 fully saturated rings. The lowest BCUT2D eigenvalue weighted by Crippen LogP contribution is -2.53. The summed E-state index contributed by atoms with van der Waals surface area (Å²) in [7, 11) is 0. The largest absolute Gasteiger partial charge is 0.326 e. The second-order valence-electron chi connectivity index (χ2n) is 6.32. The number of carbonyl (C=O) groups excluding carboxylic acids is 3. The first-order valence-electron chi connectivity index (χ1n) is 7.05. The molecule has 0 bridgehead atoms. The molecule has 0 N–H and O–H groups in total. The van der Waals surface area contributed by atoms with Gasteiger partial charge in [0, 0.05) is 17.5 Å². The number of imide groups is 1. The summed E-state index contributed by atoms with van der Waals surface area (Å²) in [6.45, 7) is 6.94. The van der Waals surface area contributed by atoms with E-state index < -0.39 is 11.6 Å². The highest BCUT2D eigenvalue weighted by Gasteiger charge is 2.46. The van der Waals surface area contributed by atoms with Crippen LogP contribution in [0.2, 0.25) is 5.02 Å². The summed E-state index contributed by atoms with van der Waals surface area (Å²) in [5, 5.41) is 0.527. The van der Waals surface area contributed by atoms with Gasteiger partial charge in [0.15, 0.2) is 0 Å². The molecule has 1 unspecified atom stereocenters. The van der Waals surface area contributed by atoms with E-state index in [1.807, 2.05) is 20.8 Å². The molecule has 1 aliphatic heterocycles. The molecule has 1 saturated heterocycles. The van der Waals surface area contributed by atoms with E-state index in [1.54, 1.807) is 24.3 Å². The maximum Gasteiger partial charge on any atom is 0.257 e. The predicted molar refractivity (Wildman–Crippen MR) is 84.6 cm³/mol. The molecule has 1 heterocycles. The van der Waals surface area contributed by atoms with E-state index in [9.17, 15) is 14.4 Å². The van der Waals surface area contributed by atoms with E-state index >= 15 is 0 Å². The van der Waals surface area contributed by atoms with Gasteiger partial charge in [-0.2, -0.15) is 0 Å². The van der Waals surface area contributed by atoms with Crippen molar-refractivity contribution in [3.63, 3.8) is 0 Å². The van der Waals surface area contributed by atoms with Crippen LogP contribution in [0.4, 0.5) is 5.69 Å². The van der Waals surface area contributed by atoms with E-state index in [-0.39, 0.29) is 24.1 Å². The van der Waals surface area contributed by atoms with Crippen LogP contribution < -0.4 is 4.90 Å². The predicted octanol–water partition coefficient (Wildman–Crippen LogP) is 2.62. The number of halogens is 1. The first-order chi connectivity index (χ1) is 10.1. The Morgan fingerprint density at radius 1 is 1.23 bits per heavy atom. The van der Waals surface area contributed by atoms with Crippen molar-refractivity contribution in [1.82, 2.24) is 4.90 Å². The van der Waals surface area contributed by atoms with Crippen molar-refractivity contribution in [2.45, 2.75) is 45.7 Å². The number of carbonyl (C=O) groups is 3. The number of nitrogens with zero attached hydrogens (tertiary/aromatic N) is 2. The lowest BCUT2D eigenvalue weighted by atomic mass is 10.0. The molecule has 1 atom stereocenters. The van der Waals surface area contributed by atoms with Crippen LogP contribution in [0.5, 0.6) is 0 Å². The fraction of sp³-hybridized carbons (Fsp3) is 0.438. The zero-order valence-corrected chi connectivity index (χ0v) is 13.8. The van der Waals surface area contributed by atoms with E-state index in [0.29, 0.717) is 10.7 Å². The number of hydrogen-bond acceptors (Lipinski definition) is 3. The van der Waals surface area contributed by atoms with Gasteiger partial charge in [0.1, 0.15) is 6.04 Å². The number of hydrogen-bond donors (Lipinski definition) is 0. The molecular weight excluding hydrogens is 304 g/mol. The highest BCUT2D eigenvalue weighted by Crippen LogP contribution is 2.30. The van der Waals surface area contributed by atoms with Gasteiger partial charge in [-0.3, -0.25) is 14.4 Å². The molecule has 2 rings (SSSR count). The Balaban J connectivity index is 2.36. The van der Waals surface area contributed by atoms with Crippen molar-refractivity contribution in [2.24, 2.45) is 0 Å². The molecular formula is C16H19ClN2O3. The topological polar surface area (TPSA) is 57.7 Å². The summed E-state index contributed by atoms with van der Waals surface area (Å²) in [5.41, 5.74) is -0.0677. The van der Waals surface area contributed by atoms with Crippen molar-refractivity contribution in [3.8, 4) is 0 Å². The molecule has 0 aliphatic carbocycles. The molecule has 3 amide bonds. The maximum atomic E-state index is 12.7. The van der Waals surface area contributed by atoms with Gasteiger partial charge >= 0.3 is 0 Å². The van der Waals surface area contributed by atoms with Gasteiger partial charge in [-0.15, -0.1) is 0 Å². The van der Waals surface area contributed by atoms with Crippen molar-refractivity contribution in [1.29, 1.82) is 0 Å². The zero-order chi connectivity index (χ0) is 16.7. The molecule has 6 heteroatoms. The average molecular weight is 323 g/mol. The lowest BCUT2D eigenvalue weighted by molar-refractivity contribution is -0.142. The molecule has 1 aliphatic rings. The van der Waals surface area contributed by atoms with E-state index in [4.69, 9.17) is 11.6 Å². The van der Waals surface area contributed by atoms with Crippen LogP contribution in [0.3, 0.4) is 0 Å². The molecule has 5 nitrogen and oxygen atoms in total. The Kier molecular flexibility index (Phi) is 4.29. The molecule has 0 saturated carbocycles. The van der Waals surface area contributed by atoms with Gasteiger partial charge < -0.3 is 4.90 Å². The number of benzene rings is 1. The summed E-state index contributed by atoms with van der Waals surface area (Å²) in [4.78, 5) is 39.5. The SMILES string of the molecule is CC(=O)N(C1CC(=O)N(c2ccc(Cl)cc2)C1=O)C(C)(C)C. The maximum absolute atomic E-state index is 12.7. The smallest absolute Gasteiger partial charge is 0.257 e. The second-order valence-corrected chi connectivity index (χ2v) is 6.76. The normalized spacial score (nSPS) is 18.8. The second kappa shape index (κ2) is 5.72. The highest BCUT2D eigenvalue weighted by atomic mass is 35.5. The van der Waals surface area contributed by atoms with Crippen LogP contribution in [-0.2, 0) is 14.4 Å². The molecule has 0 spiro atoms. The Hall–Kier alpha value is -1.88. The summed E-state index contributed by atoms with van der Waals surface area (Å²) in [5.74, 6) is -0.915. The minimum Gasteiger partial charge on any atom is -0.326 e.